The van der Waals surface area contributed by atoms with Gasteiger partial charge in [0.2, 0.25) is 0 Å². The maximum atomic E-state index is 10.6. The zero-order chi connectivity index (χ0) is 14.1. The molecule has 0 N–H and O–H groups in total. The van der Waals surface area contributed by atoms with Gasteiger partial charge in [0.05, 0.1) is 15.5 Å². The third-order valence-electron chi connectivity index (χ3n) is 2.96. The van der Waals surface area contributed by atoms with Crippen molar-refractivity contribution >= 4 is 28.2 Å². The van der Waals surface area contributed by atoms with Crippen LogP contribution in [0.25, 0.3) is 22.2 Å². The van der Waals surface area contributed by atoms with Crippen LogP contribution in [0.5, 0.6) is 0 Å². The van der Waals surface area contributed by atoms with Gasteiger partial charge in [-0.2, -0.15) is 0 Å². The van der Waals surface area contributed by atoms with E-state index in [9.17, 15) is 10.1 Å². The van der Waals surface area contributed by atoms with Crippen molar-refractivity contribution < 1.29 is 4.92 Å². The average Bonchev–Trinajstić information content (AvgIpc) is 2.48. The molecular weight excluding hydrogens is 278 g/mol. The number of halogens is 1. The summed E-state index contributed by atoms with van der Waals surface area (Å²) >= 11 is 6.34. The van der Waals surface area contributed by atoms with E-state index < -0.39 is 4.92 Å². The summed E-state index contributed by atoms with van der Waals surface area (Å²) in [6, 6.07) is 13.5. The molecule has 2 aromatic carbocycles. The average molecular weight is 286 g/mol. The molecule has 0 radical (unpaired) electrons. The van der Waals surface area contributed by atoms with Crippen LogP contribution in [0.15, 0.2) is 48.5 Å². The number of rotatable bonds is 2. The molecule has 0 amide bonds. The highest BCUT2D eigenvalue weighted by Crippen LogP contribution is 2.31. The monoisotopic (exact) mass is 285 g/mol. The predicted molar refractivity (Wildman–Crippen MR) is 76.6 cm³/mol. The highest BCUT2D eigenvalue weighted by atomic mass is 35.5. The lowest BCUT2D eigenvalue weighted by atomic mass is 10.1. The molecule has 0 fully saturated rings. The molecule has 98 valence electrons. The first-order valence-electron chi connectivity index (χ1n) is 5.82. The molecular formula is C14H8ClN3O2. The third kappa shape index (κ3) is 2.08. The molecule has 6 heteroatoms. The molecule has 1 heterocycles. The molecule has 0 spiro atoms. The van der Waals surface area contributed by atoms with Crippen LogP contribution in [-0.4, -0.2) is 15.1 Å². The van der Waals surface area contributed by atoms with Gasteiger partial charge in [0.15, 0.2) is 0 Å². The maximum absolute atomic E-state index is 10.6. The summed E-state index contributed by atoms with van der Waals surface area (Å²) in [5, 5.41) is 20.1. The largest absolute Gasteiger partial charge is 0.269 e. The van der Waals surface area contributed by atoms with E-state index in [0.717, 1.165) is 5.39 Å². The van der Waals surface area contributed by atoms with Crippen molar-refractivity contribution in [3.05, 3.63) is 63.7 Å². The van der Waals surface area contributed by atoms with Gasteiger partial charge in [-0.1, -0.05) is 29.8 Å². The molecule has 0 bridgehead atoms. The minimum absolute atomic E-state index is 0.0265. The minimum Gasteiger partial charge on any atom is -0.258 e. The van der Waals surface area contributed by atoms with Gasteiger partial charge < -0.3 is 0 Å². The molecule has 3 rings (SSSR count). The Morgan fingerprint density at radius 1 is 1.00 bits per heavy atom. The summed E-state index contributed by atoms with van der Waals surface area (Å²) in [4.78, 5) is 10.2. The first kappa shape index (κ1) is 12.5. The summed E-state index contributed by atoms with van der Waals surface area (Å²) in [5.41, 5.74) is 1.95. The summed E-state index contributed by atoms with van der Waals surface area (Å²) in [7, 11) is 0. The van der Waals surface area contributed by atoms with Crippen LogP contribution in [0.1, 0.15) is 0 Å². The van der Waals surface area contributed by atoms with Gasteiger partial charge >= 0.3 is 0 Å². The number of hydrogen-bond donors (Lipinski definition) is 0. The van der Waals surface area contributed by atoms with Crippen molar-refractivity contribution in [3.8, 4) is 11.3 Å². The van der Waals surface area contributed by atoms with E-state index in [0.29, 0.717) is 21.8 Å². The normalized spacial score (nSPS) is 10.7. The van der Waals surface area contributed by atoms with Crippen LogP contribution >= 0.6 is 11.6 Å². The Labute approximate surface area is 119 Å². The van der Waals surface area contributed by atoms with Crippen molar-refractivity contribution in [1.29, 1.82) is 0 Å². The van der Waals surface area contributed by atoms with Gasteiger partial charge in [0.1, 0.15) is 5.69 Å². The fraction of sp³-hybridized carbons (Fsp3) is 0. The van der Waals surface area contributed by atoms with Crippen molar-refractivity contribution in [2.24, 2.45) is 0 Å². The Bertz CT molecular complexity index is 803. The van der Waals surface area contributed by atoms with E-state index in [1.807, 2.05) is 24.3 Å². The number of nitro benzene ring substituents is 1. The Morgan fingerprint density at radius 2 is 1.70 bits per heavy atom. The fourth-order valence-corrected chi connectivity index (χ4v) is 2.25. The van der Waals surface area contributed by atoms with Crippen LogP contribution in [-0.2, 0) is 0 Å². The van der Waals surface area contributed by atoms with Crippen molar-refractivity contribution in [2.45, 2.75) is 0 Å². The Balaban J connectivity index is 2.14. The van der Waals surface area contributed by atoms with Crippen molar-refractivity contribution in [3.63, 3.8) is 0 Å². The molecule has 3 aromatic rings. The van der Waals surface area contributed by atoms with E-state index in [-0.39, 0.29) is 5.69 Å². The van der Waals surface area contributed by atoms with E-state index in [4.69, 9.17) is 11.6 Å². The Kier molecular flexibility index (Phi) is 3.04. The lowest BCUT2D eigenvalue weighted by Gasteiger charge is -2.05. The van der Waals surface area contributed by atoms with Gasteiger partial charge in [-0.15, -0.1) is 10.2 Å². The smallest absolute Gasteiger partial charge is 0.258 e. The van der Waals surface area contributed by atoms with Crippen LogP contribution in [0.2, 0.25) is 5.02 Å². The summed E-state index contributed by atoms with van der Waals surface area (Å²) < 4.78 is 0. The van der Waals surface area contributed by atoms with E-state index in [2.05, 4.69) is 10.2 Å². The Hall–Kier alpha value is -2.53. The van der Waals surface area contributed by atoms with Gasteiger partial charge in [-0.05, 0) is 18.2 Å². The zero-order valence-electron chi connectivity index (χ0n) is 10.2. The van der Waals surface area contributed by atoms with Gasteiger partial charge in [-0.25, -0.2) is 0 Å². The van der Waals surface area contributed by atoms with Crippen LogP contribution in [0.4, 0.5) is 5.69 Å². The fourth-order valence-electron chi connectivity index (χ4n) is 1.95. The van der Waals surface area contributed by atoms with Gasteiger partial charge in [0, 0.05) is 23.1 Å². The number of benzene rings is 2. The molecule has 0 saturated carbocycles. The summed E-state index contributed by atoms with van der Waals surface area (Å²) in [6.07, 6.45) is 0. The second kappa shape index (κ2) is 4.86. The molecule has 0 aliphatic rings. The summed E-state index contributed by atoms with van der Waals surface area (Å²) in [6.45, 7) is 0. The molecule has 0 aliphatic heterocycles. The lowest BCUT2D eigenvalue weighted by Crippen LogP contribution is -1.92. The molecule has 0 atom stereocenters. The second-order valence-electron chi connectivity index (χ2n) is 4.18. The quantitative estimate of drug-likeness (QED) is 0.529. The number of fused-ring (bicyclic) bond motifs is 1. The van der Waals surface area contributed by atoms with Crippen LogP contribution < -0.4 is 0 Å². The molecule has 0 saturated heterocycles. The van der Waals surface area contributed by atoms with E-state index in [1.165, 1.54) is 12.1 Å². The number of aromatic nitrogens is 2. The molecule has 20 heavy (non-hydrogen) atoms. The third-order valence-corrected chi connectivity index (χ3v) is 3.34. The molecule has 0 unspecified atom stereocenters. The maximum Gasteiger partial charge on any atom is 0.269 e. The highest BCUT2D eigenvalue weighted by Gasteiger charge is 2.12. The number of nitrogens with zero attached hydrogens (tertiary/aromatic N) is 3. The van der Waals surface area contributed by atoms with E-state index in [1.54, 1.807) is 12.1 Å². The minimum atomic E-state index is -0.447. The topological polar surface area (TPSA) is 68.9 Å². The second-order valence-corrected chi connectivity index (χ2v) is 4.56. The van der Waals surface area contributed by atoms with E-state index >= 15 is 0 Å². The predicted octanol–water partition coefficient (Wildman–Crippen LogP) is 3.86. The first-order valence-corrected chi connectivity index (χ1v) is 6.20. The lowest BCUT2D eigenvalue weighted by molar-refractivity contribution is -0.384. The van der Waals surface area contributed by atoms with Crippen LogP contribution in [0, 0.1) is 10.1 Å². The first-order chi connectivity index (χ1) is 9.66. The number of non-ortho nitro benzene ring substituents is 1. The molecule has 1 aromatic heterocycles. The SMILES string of the molecule is O=[N+]([O-])c1ccc(-c2nnc3ccccc3c2Cl)cc1. The van der Waals surface area contributed by atoms with Crippen molar-refractivity contribution in [1.82, 2.24) is 10.2 Å². The molecule has 0 aliphatic carbocycles. The summed E-state index contributed by atoms with van der Waals surface area (Å²) in [5.74, 6) is 0. The number of hydrogen-bond acceptors (Lipinski definition) is 4. The number of nitro groups is 1. The standard InChI is InChI=1S/C14H8ClN3O2/c15-13-11-3-1-2-4-12(11)16-17-14(13)9-5-7-10(8-6-9)18(19)20/h1-8H. The van der Waals surface area contributed by atoms with Crippen LogP contribution in [0.3, 0.4) is 0 Å². The van der Waals surface area contributed by atoms with Crippen molar-refractivity contribution in [2.75, 3.05) is 0 Å². The Morgan fingerprint density at radius 3 is 2.40 bits per heavy atom. The van der Waals surface area contributed by atoms with Gasteiger partial charge in [0.25, 0.3) is 5.69 Å². The van der Waals surface area contributed by atoms with Gasteiger partial charge in [-0.3, -0.25) is 10.1 Å². The highest BCUT2D eigenvalue weighted by molar-refractivity contribution is 6.37. The molecule has 5 nitrogen and oxygen atoms in total. The zero-order valence-corrected chi connectivity index (χ0v) is 10.9.